The van der Waals surface area contributed by atoms with Crippen molar-refractivity contribution >= 4 is 5.95 Å². The van der Waals surface area contributed by atoms with E-state index in [1.807, 2.05) is 18.3 Å². The van der Waals surface area contributed by atoms with Crippen LogP contribution in [-0.2, 0) is 6.54 Å². The lowest BCUT2D eigenvalue weighted by atomic mass is 10.3. The van der Waals surface area contributed by atoms with Crippen LogP contribution in [0.5, 0.6) is 0 Å². The number of aromatic nitrogens is 3. The summed E-state index contributed by atoms with van der Waals surface area (Å²) in [6.45, 7) is 2.43. The number of pyridine rings is 1. The molecule has 0 aliphatic rings. The maximum Gasteiger partial charge on any atom is 0.222 e. The molecule has 2 aromatic rings. The van der Waals surface area contributed by atoms with Gasteiger partial charge in [-0.15, -0.1) is 0 Å². The third kappa shape index (κ3) is 4.97. The van der Waals surface area contributed by atoms with E-state index < -0.39 is 5.82 Å². The Morgan fingerprint density at radius 2 is 1.95 bits per heavy atom. The van der Waals surface area contributed by atoms with Gasteiger partial charge in [0.05, 0.1) is 12.4 Å². The topological polar surface area (TPSA) is 62.7 Å². The number of rotatable bonds is 7. The largest absolute Gasteiger partial charge is 0.354 e. The predicted molar refractivity (Wildman–Crippen MR) is 71.0 cm³/mol. The number of nitrogens with zero attached hydrogens (tertiary/aromatic N) is 3. The Kier molecular flexibility index (Phi) is 5.18. The Morgan fingerprint density at radius 3 is 2.68 bits per heavy atom. The highest BCUT2D eigenvalue weighted by Crippen LogP contribution is 1.98. The Bertz CT molecular complexity index is 474. The number of hydrogen-bond acceptors (Lipinski definition) is 5. The Labute approximate surface area is 111 Å². The van der Waals surface area contributed by atoms with Crippen molar-refractivity contribution in [2.45, 2.75) is 13.0 Å². The molecule has 2 rings (SSSR count). The minimum atomic E-state index is -0.427. The smallest absolute Gasteiger partial charge is 0.222 e. The molecule has 0 fully saturated rings. The lowest BCUT2D eigenvalue weighted by Gasteiger charge is -2.06. The van der Waals surface area contributed by atoms with Crippen LogP contribution in [0.15, 0.2) is 36.9 Å². The van der Waals surface area contributed by atoms with Crippen LogP contribution in [0.1, 0.15) is 12.0 Å². The molecule has 2 heterocycles. The fourth-order valence-corrected chi connectivity index (χ4v) is 1.55. The molecule has 0 aliphatic carbocycles. The molecule has 0 aliphatic heterocycles. The van der Waals surface area contributed by atoms with Gasteiger partial charge in [-0.3, -0.25) is 4.98 Å². The van der Waals surface area contributed by atoms with Gasteiger partial charge in [-0.2, -0.15) is 0 Å². The average molecular weight is 261 g/mol. The molecule has 0 unspecified atom stereocenters. The van der Waals surface area contributed by atoms with Gasteiger partial charge < -0.3 is 10.6 Å². The molecule has 100 valence electrons. The first-order valence-corrected chi connectivity index (χ1v) is 6.15. The van der Waals surface area contributed by atoms with E-state index in [0.717, 1.165) is 44.0 Å². The van der Waals surface area contributed by atoms with Crippen LogP contribution in [0, 0.1) is 5.82 Å². The highest BCUT2D eigenvalue weighted by molar-refractivity contribution is 5.21. The molecule has 0 aromatic carbocycles. The number of halogens is 1. The van der Waals surface area contributed by atoms with Gasteiger partial charge in [-0.25, -0.2) is 14.4 Å². The van der Waals surface area contributed by atoms with Crippen molar-refractivity contribution in [1.29, 1.82) is 0 Å². The van der Waals surface area contributed by atoms with Crippen LogP contribution in [0.3, 0.4) is 0 Å². The third-order valence-corrected chi connectivity index (χ3v) is 2.49. The Hall–Kier alpha value is -2.08. The second-order valence-electron chi connectivity index (χ2n) is 4.04. The summed E-state index contributed by atoms with van der Waals surface area (Å²) in [5.74, 6) is 0.0253. The standard InChI is InChI=1S/C13H16FN5/c14-12-9-18-13(19-10-12)17-6-2-5-16-8-11-3-1-4-15-7-11/h1,3-4,7,9-10,16H,2,5-6,8H2,(H,17,18,19). The maximum absolute atomic E-state index is 12.6. The molecule has 0 saturated heterocycles. The molecule has 5 nitrogen and oxygen atoms in total. The van der Waals surface area contributed by atoms with Crippen molar-refractivity contribution in [2.75, 3.05) is 18.4 Å². The maximum atomic E-state index is 12.6. The number of hydrogen-bond donors (Lipinski definition) is 2. The fraction of sp³-hybridized carbons (Fsp3) is 0.308. The molecule has 0 bridgehead atoms. The zero-order valence-electron chi connectivity index (χ0n) is 10.5. The van der Waals surface area contributed by atoms with Crippen LogP contribution in [0.2, 0.25) is 0 Å². The van der Waals surface area contributed by atoms with Crippen LogP contribution in [0.4, 0.5) is 10.3 Å². The summed E-state index contributed by atoms with van der Waals surface area (Å²) < 4.78 is 12.6. The summed E-state index contributed by atoms with van der Waals surface area (Å²) in [5.41, 5.74) is 1.16. The monoisotopic (exact) mass is 261 g/mol. The molecule has 19 heavy (non-hydrogen) atoms. The zero-order chi connectivity index (χ0) is 13.3. The van der Waals surface area contributed by atoms with E-state index in [1.54, 1.807) is 6.20 Å². The first kappa shape index (κ1) is 13.4. The molecular weight excluding hydrogens is 245 g/mol. The minimum Gasteiger partial charge on any atom is -0.354 e. The van der Waals surface area contributed by atoms with Crippen molar-refractivity contribution in [3.8, 4) is 0 Å². The van der Waals surface area contributed by atoms with E-state index in [2.05, 4.69) is 25.6 Å². The van der Waals surface area contributed by atoms with Gasteiger partial charge in [-0.05, 0) is 24.6 Å². The second-order valence-corrected chi connectivity index (χ2v) is 4.04. The molecule has 0 amide bonds. The second kappa shape index (κ2) is 7.38. The Balaban J connectivity index is 1.56. The van der Waals surface area contributed by atoms with Gasteiger partial charge in [0.1, 0.15) is 0 Å². The van der Waals surface area contributed by atoms with Gasteiger partial charge in [-0.1, -0.05) is 6.07 Å². The molecule has 2 N–H and O–H groups in total. The van der Waals surface area contributed by atoms with Gasteiger partial charge >= 0.3 is 0 Å². The summed E-state index contributed by atoms with van der Waals surface area (Å²) in [6.07, 6.45) is 6.83. The average Bonchev–Trinajstić information content (AvgIpc) is 2.46. The molecule has 0 atom stereocenters. The molecule has 0 spiro atoms. The summed E-state index contributed by atoms with van der Waals surface area (Å²) in [4.78, 5) is 11.7. The van der Waals surface area contributed by atoms with Crippen LogP contribution < -0.4 is 10.6 Å². The highest BCUT2D eigenvalue weighted by atomic mass is 19.1. The minimum absolute atomic E-state index is 0.427. The van der Waals surface area contributed by atoms with Crippen LogP contribution >= 0.6 is 0 Å². The van der Waals surface area contributed by atoms with Crippen LogP contribution in [0.25, 0.3) is 0 Å². The van der Waals surface area contributed by atoms with Gasteiger partial charge in [0.15, 0.2) is 5.82 Å². The van der Waals surface area contributed by atoms with Gasteiger partial charge in [0.2, 0.25) is 5.95 Å². The number of nitrogens with one attached hydrogen (secondary N) is 2. The summed E-state index contributed by atoms with van der Waals surface area (Å²) in [5, 5.41) is 6.35. The van der Waals surface area contributed by atoms with E-state index in [1.165, 1.54) is 0 Å². The number of anilines is 1. The SMILES string of the molecule is Fc1cnc(NCCCNCc2cccnc2)nc1. The van der Waals surface area contributed by atoms with E-state index in [-0.39, 0.29) is 0 Å². The van der Waals surface area contributed by atoms with Crippen molar-refractivity contribution in [1.82, 2.24) is 20.3 Å². The summed E-state index contributed by atoms with van der Waals surface area (Å²) in [6, 6.07) is 3.95. The van der Waals surface area contributed by atoms with Crippen molar-refractivity contribution in [2.24, 2.45) is 0 Å². The lowest BCUT2D eigenvalue weighted by molar-refractivity contribution is 0.613. The normalized spacial score (nSPS) is 10.4. The van der Waals surface area contributed by atoms with E-state index >= 15 is 0 Å². The van der Waals surface area contributed by atoms with Crippen molar-refractivity contribution in [3.63, 3.8) is 0 Å². The predicted octanol–water partition coefficient (Wildman–Crippen LogP) is 1.60. The third-order valence-electron chi connectivity index (χ3n) is 2.49. The lowest BCUT2D eigenvalue weighted by Crippen LogP contribution is -2.18. The quantitative estimate of drug-likeness (QED) is 0.741. The van der Waals surface area contributed by atoms with Crippen molar-refractivity contribution in [3.05, 3.63) is 48.3 Å². The highest BCUT2D eigenvalue weighted by Gasteiger charge is 1.96. The molecule has 0 saturated carbocycles. The van der Waals surface area contributed by atoms with E-state index in [0.29, 0.717) is 5.95 Å². The van der Waals surface area contributed by atoms with Gasteiger partial charge in [0.25, 0.3) is 0 Å². The molecular formula is C13H16FN5. The van der Waals surface area contributed by atoms with Crippen molar-refractivity contribution < 1.29 is 4.39 Å². The first-order valence-electron chi connectivity index (χ1n) is 6.15. The molecule has 6 heteroatoms. The summed E-state index contributed by atoms with van der Waals surface area (Å²) >= 11 is 0. The Morgan fingerprint density at radius 1 is 1.11 bits per heavy atom. The summed E-state index contributed by atoms with van der Waals surface area (Å²) in [7, 11) is 0. The molecule has 2 aromatic heterocycles. The van der Waals surface area contributed by atoms with E-state index in [9.17, 15) is 4.39 Å². The van der Waals surface area contributed by atoms with E-state index in [4.69, 9.17) is 0 Å². The zero-order valence-corrected chi connectivity index (χ0v) is 10.5. The molecule has 0 radical (unpaired) electrons. The fourth-order valence-electron chi connectivity index (χ4n) is 1.55. The van der Waals surface area contributed by atoms with Crippen LogP contribution in [-0.4, -0.2) is 28.0 Å². The van der Waals surface area contributed by atoms with Gasteiger partial charge in [0, 0.05) is 25.5 Å². The first-order chi connectivity index (χ1) is 9.34.